The van der Waals surface area contributed by atoms with Crippen molar-refractivity contribution in [2.45, 2.75) is 43.9 Å². The predicted octanol–water partition coefficient (Wildman–Crippen LogP) is 1.66. The highest BCUT2D eigenvalue weighted by Crippen LogP contribution is 2.13. The highest BCUT2D eigenvalue weighted by molar-refractivity contribution is 5.85. The van der Waals surface area contributed by atoms with Crippen LogP contribution < -0.4 is 10.6 Å². The summed E-state index contributed by atoms with van der Waals surface area (Å²) in [4.78, 5) is 32.8. The number of amides is 1. The van der Waals surface area contributed by atoms with Crippen LogP contribution in [0.15, 0.2) is 30.3 Å². The number of nitrogens with one attached hydrogen (secondary N) is 2. The molecule has 1 aromatic carbocycles. The number of esters is 1. The second-order valence-electron chi connectivity index (χ2n) is 6.13. The van der Waals surface area contributed by atoms with Gasteiger partial charge in [-0.1, -0.05) is 30.3 Å². The highest BCUT2D eigenvalue weighted by atomic mass is 19.4. The molecule has 0 unspecified atom stereocenters. The number of carbonyl (C=O) groups is 3. The van der Waals surface area contributed by atoms with Crippen molar-refractivity contribution in [3.63, 3.8) is 0 Å². The number of methoxy groups -OCH3 is 1. The molecule has 156 valence electrons. The van der Waals surface area contributed by atoms with Gasteiger partial charge in [-0.25, -0.2) is 9.59 Å². The van der Waals surface area contributed by atoms with Gasteiger partial charge in [-0.3, -0.25) is 4.79 Å². The van der Waals surface area contributed by atoms with Crippen LogP contribution >= 0.6 is 0 Å². The summed E-state index contributed by atoms with van der Waals surface area (Å²) in [5, 5.41) is 13.2. The zero-order chi connectivity index (χ0) is 21.2. The number of rotatable bonds is 6. The molecule has 0 spiro atoms. The molecule has 3 N–H and O–H groups in total. The minimum absolute atomic E-state index is 0.110. The van der Waals surface area contributed by atoms with E-state index in [1.807, 2.05) is 30.3 Å². The molecule has 0 saturated carbocycles. The number of carboxylic acid groups (broad SMARTS) is 1. The quantitative estimate of drug-likeness (QED) is 0.623. The maximum absolute atomic E-state index is 12.1. The number of hydrogen-bond donors (Lipinski definition) is 3. The first-order valence-corrected chi connectivity index (χ1v) is 8.58. The predicted molar refractivity (Wildman–Crippen MR) is 93.4 cm³/mol. The van der Waals surface area contributed by atoms with Gasteiger partial charge in [-0.2, -0.15) is 13.2 Å². The summed E-state index contributed by atoms with van der Waals surface area (Å²) >= 11 is 0. The number of ether oxygens (including phenoxy) is 1. The van der Waals surface area contributed by atoms with E-state index >= 15 is 0 Å². The van der Waals surface area contributed by atoms with Crippen molar-refractivity contribution >= 4 is 17.8 Å². The molecule has 1 aliphatic rings. The van der Waals surface area contributed by atoms with E-state index in [0.29, 0.717) is 12.8 Å². The largest absolute Gasteiger partial charge is 0.490 e. The van der Waals surface area contributed by atoms with E-state index in [9.17, 15) is 22.8 Å². The first-order chi connectivity index (χ1) is 13.1. The smallest absolute Gasteiger partial charge is 0.475 e. The number of halogens is 3. The van der Waals surface area contributed by atoms with Crippen LogP contribution in [-0.4, -0.2) is 54.9 Å². The SMILES string of the molecule is COC(=O)[C@H](Cc1ccccc1)NC(=O)C[C@H]1CCCN1.O=C(O)C(F)(F)F. The van der Waals surface area contributed by atoms with E-state index in [2.05, 4.69) is 10.6 Å². The van der Waals surface area contributed by atoms with E-state index in [0.717, 1.165) is 24.9 Å². The molecule has 0 radical (unpaired) electrons. The Morgan fingerprint density at radius 1 is 1.29 bits per heavy atom. The van der Waals surface area contributed by atoms with Crippen molar-refractivity contribution in [2.75, 3.05) is 13.7 Å². The Morgan fingerprint density at radius 2 is 1.89 bits per heavy atom. The van der Waals surface area contributed by atoms with Gasteiger partial charge in [0.15, 0.2) is 0 Å². The van der Waals surface area contributed by atoms with Crippen LogP contribution in [0.4, 0.5) is 13.2 Å². The molecule has 0 aliphatic carbocycles. The van der Waals surface area contributed by atoms with Gasteiger partial charge in [0.1, 0.15) is 6.04 Å². The Bertz CT molecular complexity index is 646. The summed E-state index contributed by atoms with van der Waals surface area (Å²) in [6.07, 6.45) is -2.13. The molecule has 10 heteroatoms. The summed E-state index contributed by atoms with van der Waals surface area (Å²) in [6.45, 7) is 0.961. The number of aliphatic carboxylic acids is 1. The molecule has 0 aromatic heterocycles. The molecule has 2 rings (SSSR count). The normalized spacial score (nSPS) is 17.1. The van der Waals surface area contributed by atoms with Crippen LogP contribution in [0.25, 0.3) is 0 Å². The Labute approximate surface area is 160 Å². The van der Waals surface area contributed by atoms with Crippen LogP contribution in [0.1, 0.15) is 24.8 Å². The van der Waals surface area contributed by atoms with E-state index < -0.39 is 24.2 Å². The topological polar surface area (TPSA) is 105 Å². The summed E-state index contributed by atoms with van der Waals surface area (Å²) in [5.74, 6) is -3.28. The fraction of sp³-hybridized carbons (Fsp3) is 0.500. The number of carbonyl (C=O) groups excluding carboxylic acids is 2. The minimum atomic E-state index is -5.08. The molecule has 0 bridgehead atoms. The molecule has 1 saturated heterocycles. The van der Waals surface area contributed by atoms with Crippen LogP contribution in [0.5, 0.6) is 0 Å². The maximum Gasteiger partial charge on any atom is 0.490 e. The van der Waals surface area contributed by atoms with Crippen molar-refractivity contribution in [1.82, 2.24) is 10.6 Å². The van der Waals surface area contributed by atoms with Gasteiger partial charge in [0, 0.05) is 18.9 Å². The van der Waals surface area contributed by atoms with Crippen LogP contribution in [0, 0.1) is 0 Å². The minimum Gasteiger partial charge on any atom is -0.475 e. The molecule has 1 amide bonds. The Balaban J connectivity index is 0.000000480. The lowest BCUT2D eigenvalue weighted by Gasteiger charge is -2.18. The average molecular weight is 404 g/mol. The molecular weight excluding hydrogens is 381 g/mol. The van der Waals surface area contributed by atoms with Crippen LogP contribution in [0.2, 0.25) is 0 Å². The van der Waals surface area contributed by atoms with Gasteiger partial charge < -0.3 is 20.5 Å². The first-order valence-electron chi connectivity index (χ1n) is 8.58. The van der Waals surface area contributed by atoms with Crippen molar-refractivity contribution in [3.8, 4) is 0 Å². The zero-order valence-electron chi connectivity index (χ0n) is 15.3. The van der Waals surface area contributed by atoms with Crippen molar-refractivity contribution in [3.05, 3.63) is 35.9 Å². The van der Waals surface area contributed by atoms with Gasteiger partial charge in [-0.15, -0.1) is 0 Å². The van der Waals surface area contributed by atoms with E-state index in [4.69, 9.17) is 14.6 Å². The summed E-state index contributed by atoms with van der Waals surface area (Å²) in [7, 11) is 1.34. The zero-order valence-corrected chi connectivity index (χ0v) is 15.3. The van der Waals surface area contributed by atoms with E-state index in [-0.39, 0.29) is 11.9 Å². The molecule has 1 heterocycles. The average Bonchev–Trinajstić information content (AvgIpc) is 3.14. The molecule has 28 heavy (non-hydrogen) atoms. The van der Waals surface area contributed by atoms with Crippen LogP contribution in [0.3, 0.4) is 0 Å². The van der Waals surface area contributed by atoms with Gasteiger partial charge in [0.05, 0.1) is 7.11 Å². The number of alkyl halides is 3. The fourth-order valence-electron chi connectivity index (χ4n) is 2.59. The fourth-order valence-corrected chi connectivity index (χ4v) is 2.59. The van der Waals surface area contributed by atoms with Crippen molar-refractivity contribution < 1.29 is 37.4 Å². The molecule has 1 aliphatic heterocycles. The Morgan fingerprint density at radius 3 is 2.36 bits per heavy atom. The maximum atomic E-state index is 12.1. The van der Waals surface area contributed by atoms with Crippen LogP contribution in [-0.2, 0) is 25.5 Å². The van der Waals surface area contributed by atoms with Crippen molar-refractivity contribution in [1.29, 1.82) is 0 Å². The molecule has 2 atom stereocenters. The third-order valence-corrected chi connectivity index (χ3v) is 3.94. The van der Waals surface area contributed by atoms with Gasteiger partial charge in [0.25, 0.3) is 0 Å². The van der Waals surface area contributed by atoms with Gasteiger partial charge in [0.2, 0.25) is 5.91 Å². The number of hydrogen-bond acceptors (Lipinski definition) is 5. The molecule has 1 fully saturated rings. The van der Waals surface area contributed by atoms with E-state index in [1.54, 1.807) is 0 Å². The second-order valence-corrected chi connectivity index (χ2v) is 6.13. The summed E-state index contributed by atoms with van der Waals surface area (Å²) in [6, 6.07) is 9.19. The Kier molecular flexibility index (Phi) is 9.43. The Hall–Kier alpha value is -2.62. The highest BCUT2D eigenvalue weighted by Gasteiger charge is 2.38. The lowest BCUT2D eigenvalue weighted by molar-refractivity contribution is -0.192. The number of benzene rings is 1. The third-order valence-electron chi connectivity index (χ3n) is 3.94. The first kappa shape index (κ1) is 23.4. The number of carboxylic acids is 1. The lowest BCUT2D eigenvalue weighted by Crippen LogP contribution is -2.44. The van der Waals surface area contributed by atoms with E-state index in [1.165, 1.54) is 7.11 Å². The second kappa shape index (κ2) is 11.3. The summed E-state index contributed by atoms with van der Waals surface area (Å²) < 4.78 is 36.5. The molecular formula is C18H23F3N2O5. The third kappa shape index (κ3) is 8.85. The molecule has 7 nitrogen and oxygen atoms in total. The summed E-state index contributed by atoms with van der Waals surface area (Å²) in [5.41, 5.74) is 0.993. The monoisotopic (exact) mass is 404 g/mol. The lowest BCUT2D eigenvalue weighted by atomic mass is 10.1. The molecule has 1 aromatic rings. The van der Waals surface area contributed by atoms with Gasteiger partial charge in [-0.05, 0) is 24.9 Å². The van der Waals surface area contributed by atoms with Gasteiger partial charge >= 0.3 is 18.1 Å². The standard InChI is InChI=1S/C16H22N2O3.C2HF3O2/c1-21-16(20)14(10-12-6-3-2-4-7-12)18-15(19)11-13-8-5-9-17-13;3-2(4,5)1(6)7/h2-4,6-7,13-14,17H,5,8-11H2,1H3,(H,18,19);(H,6,7)/t13-,14+;/m1./s1. The van der Waals surface area contributed by atoms with Crippen molar-refractivity contribution in [2.24, 2.45) is 0 Å².